The number of nitrogens with zero attached hydrogens (tertiary/aromatic N) is 2. The van der Waals surface area contributed by atoms with E-state index in [4.69, 9.17) is 0 Å². The number of rotatable bonds is 5. The van der Waals surface area contributed by atoms with Gasteiger partial charge in [0, 0.05) is 18.5 Å². The van der Waals surface area contributed by atoms with Gasteiger partial charge in [0.25, 0.3) is 0 Å². The lowest BCUT2D eigenvalue weighted by molar-refractivity contribution is -0.137. The molecule has 0 saturated heterocycles. The summed E-state index contributed by atoms with van der Waals surface area (Å²) >= 11 is 1.64. The van der Waals surface area contributed by atoms with Crippen molar-refractivity contribution >= 4 is 41.3 Å². The summed E-state index contributed by atoms with van der Waals surface area (Å²) in [5.41, 5.74) is 1.24. The van der Waals surface area contributed by atoms with Crippen LogP contribution < -0.4 is 10.6 Å². The second kappa shape index (κ2) is 10.1. The Morgan fingerprint density at radius 1 is 1.15 bits per heavy atom. The number of thiazole rings is 1. The summed E-state index contributed by atoms with van der Waals surface area (Å²) in [5.74, 6) is 0.636. The monoisotopic (exact) mass is 498 g/mol. The predicted octanol–water partition coefficient (Wildman–Crippen LogP) is 4.30. The lowest BCUT2D eigenvalue weighted by Crippen LogP contribution is -2.37. The molecule has 9 heteroatoms. The van der Waals surface area contributed by atoms with Crippen LogP contribution in [0.25, 0.3) is 0 Å². The molecule has 1 aromatic heterocycles. The van der Waals surface area contributed by atoms with Gasteiger partial charge in [-0.1, -0.05) is 12.1 Å². The van der Waals surface area contributed by atoms with E-state index in [1.807, 2.05) is 13.8 Å². The quantitative estimate of drug-likeness (QED) is 0.367. The topological polar surface area (TPSA) is 49.3 Å². The smallest absolute Gasteiger partial charge is 0.356 e. The van der Waals surface area contributed by atoms with Gasteiger partial charge in [-0.05, 0) is 38.0 Å². The molecule has 0 aliphatic rings. The van der Waals surface area contributed by atoms with Gasteiger partial charge in [0.2, 0.25) is 0 Å². The summed E-state index contributed by atoms with van der Waals surface area (Å²) in [6.07, 6.45) is -3.69. The van der Waals surface area contributed by atoms with E-state index in [9.17, 15) is 13.2 Å². The Balaban J connectivity index is 0.00000338. The Hall–Kier alpha value is -1.36. The summed E-state index contributed by atoms with van der Waals surface area (Å²) in [7, 11) is 1.67. The van der Waals surface area contributed by atoms with Gasteiger partial charge in [0.05, 0.1) is 17.8 Å². The van der Waals surface area contributed by atoms with Crippen LogP contribution in [0.4, 0.5) is 13.2 Å². The molecular weight excluding hydrogens is 476 g/mol. The van der Waals surface area contributed by atoms with Crippen LogP contribution in [-0.2, 0) is 19.1 Å². The van der Waals surface area contributed by atoms with Crippen LogP contribution in [-0.4, -0.2) is 24.5 Å². The highest BCUT2D eigenvalue weighted by atomic mass is 127. The summed E-state index contributed by atoms with van der Waals surface area (Å²) in [6.45, 7) is 5.17. The highest BCUT2D eigenvalue weighted by Crippen LogP contribution is 2.29. The van der Waals surface area contributed by atoms with Crippen LogP contribution in [0.5, 0.6) is 0 Å². The van der Waals surface area contributed by atoms with Gasteiger partial charge in [0.15, 0.2) is 5.96 Å². The third kappa shape index (κ3) is 6.75. The van der Waals surface area contributed by atoms with Crippen molar-refractivity contribution in [2.24, 2.45) is 4.99 Å². The van der Waals surface area contributed by atoms with Crippen molar-refractivity contribution in [1.82, 2.24) is 15.6 Å². The maximum Gasteiger partial charge on any atom is 0.416 e. The second-order valence-corrected chi connectivity index (χ2v) is 6.83. The first-order chi connectivity index (χ1) is 11.8. The molecule has 0 atom stereocenters. The predicted molar refractivity (Wildman–Crippen MR) is 110 cm³/mol. The molecular formula is C17H22F3IN4S. The third-order valence-corrected chi connectivity index (χ3v) is 4.76. The van der Waals surface area contributed by atoms with Crippen LogP contribution in [0, 0.1) is 13.8 Å². The fourth-order valence-electron chi connectivity index (χ4n) is 2.18. The average Bonchev–Trinajstić information content (AvgIpc) is 2.88. The van der Waals surface area contributed by atoms with Gasteiger partial charge >= 0.3 is 6.18 Å². The molecule has 2 N–H and O–H groups in total. The number of aliphatic imine (C=N–C) groups is 1. The summed E-state index contributed by atoms with van der Waals surface area (Å²) in [4.78, 5) is 9.78. The van der Waals surface area contributed by atoms with Gasteiger partial charge in [-0.25, -0.2) is 4.98 Å². The number of hydrogen-bond donors (Lipinski definition) is 2. The first kappa shape index (κ1) is 22.7. The maximum atomic E-state index is 12.5. The molecule has 0 unspecified atom stereocenters. The van der Waals surface area contributed by atoms with Crippen molar-refractivity contribution in [3.05, 3.63) is 51.0 Å². The minimum atomic E-state index is -4.30. The first-order valence-corrected chi connectivity index (χ1v) is 8.65. The molecule has 4 nitrogen and oxygen atoms in total. The molecule has 0 aliphatic heterocycles. The number of halogens is 4. The minimum Gasteiger partial charge on any atom is -0.356 e. The number of aromatic nitrogens is 1. The Morgan fingerprint density at radius 3 is 2.31 bits per heavy atom. The van der Waals surface area contributed by atoms with Crippen molar-refractivity contribution < 1.29 is 13.2 Å². The average molecular weight is 498 g/mol. The van der Waals surface area contributed by atoms with Gasteiger partial charge in [0.1, 0.15) is 5.01 Å². The number of hydrogen-bond acceptors (Lipinski definition) is 3. The van der Waals surface area contributed by atoms with Gasteiger partial charge in [-0.15, -0.1) is 35.3 Å². The van der Waals surface area contributed by atoms with E-state index in [2.05, 4.69) is 20.6 Å². The van der Waals surface area contributed by atoms with Gasteiger partial charge in [-0.3, -0.25) is 4.99 Å². The number of nitrogens with one attached hydrogen (secondary N) is 2. The standard InChI is InChI=1S/C17H21F3N4S.HI/c1-11-12(2)25-15(24-11)10-23-16(21-3)22-9-8-13-4-6-14(7-5-13)17(18,19)20;/h4-7H,8-10H2,1-3H3,(H2,21,22,23);1H. The van der Waals surface area contributed by atoms with E-state index in [1.54, 1.807) is 18.4 Å². The van der Waals surface area contributed by atoms with Gasteiger partial charge < -0.3 is 10.6 Å². The van der Waals surface area contributed by atoms with E-state index in [-0.39, 0.29) is 24.0 Å². The molecule has 0 fully saturated rings. The summed E-state index contributed by atoms with van der Waals surface area (Å²) < 4.78 is 37.6. The number of aryl methyl sites for hydroxylation is 2. The van der Waals surface area contributed by atoms with E-state index >= 15 is 0 Å². The van der Waals surface area contributed by atoms with E-state index < -0.39 is 11.7 Å². The first-order valence-electron chi connectivity index (χ1n) is 7.83. The molecule has 1 heterocycles. The molecule has 2 rings (SSSR count). The Kier molecular flexibility index (Phi) is 8.81. The highest BCUT2D eigenvalue weighted by molar-refractivity contribution is 14.0. The largest absolute Gasteiger partial charge is 0.416 e. The van der Waals surface area contributed by atoms with Crippen LogP contribution in [0.1, 0.15) is 26.7 Å². The third-order valence-electron chi connectivity index (χ3n) is 3.69. The fraction of sp³-hybridized carbons (Fsp3) is 0.412. The van der Waals surface area contributed by atoms with E-state index in [1.165, 1.54) is 17.0 Å². The Morgan fingerprint density at radius 2 is 1.81 bits per heavy atom. The maximum absolute atomic E-state index is 12.5. The molecule has 2 aromatic rings. The minimum absolute atomic E-state index is 0. The normalized spacial score (nSPS) is 11.8. The van der Waals surface area contributed by atoms with Crippen molar-refractivity contribution in [3.8, 4) is 0 Å². The zero-order valence-corrected chi connectivity index (χ0v) is 17.9. The van der Waals surface area contributed by atoms with Crippen molar-refractivity contribution in [1.29, 1.82) is 0 Å². The lowest BCUT2D eigenvalue weighted by atomic mass is 10.1. The number of benzene rings is 1. The van der Waals surface area contributed by atoms with Crippen LogP contribution >= 0.6 is 35.3 Å². The molecule has 144 valence electrons. The zero-order valence-electron chi connectivity index (χ0n) is 14.8. The molecule has 1 aromatic carbocycles. The fourth-order valence-corrected chi connectivity index (χ4v) is 3.05. The molecule has 26 heavy (non-hydrogen) atoms. The van der Waals surface area contributed by atoms with Crippen LogP contribution in [0.2, 0.25) is 0 Å². The SMILES string of the molecule is CN=C(NCCc1ccc(C(F)(F)F)cc1)NCc1nc(C)c(C)s1.I. The Labute approximate surface area is 172 Å². The molecule has 0 aliphatic carbocycles. The number of alkyl halides is 3. The summed E-state index contributed by atoms with van der Waals surface area (Å²) in [6, 6.07) is 5.22. The van der Waals surface area contributed by atoms with Crippen LogP contribution in [0.3, 0.4) is 0 Å². The molecule has 0 bridgehead atoms. The highest BCUT2D eigenvalue weighted by Gasteiger charge is 2.29. The zero-order chi connectivity index (χ0) is 18.4. The molecule has 0 amide bonds. The molecule has 0 radical (unpaired) electrons. The van der Waals surface area contributed by atoms with Gasteiger partial charge in [-0.2, -0.15) is 13.2 Å². The second-order valence-electron chi connectivity index (χ2n) is 5.55. The van der Waals surface area contributed by atoms with E-state index in [0.717, 1.165) is 28.4 Å². The van der Waals surface area contributed by atoms with Crippen molar-refractivity contribution in [3.63, 3.8) is 0 Å². The number of guanidine groups is 1. The lowest BCUT2D eigenvalue weighted by Gasteiger charge is -2.11. The van der Waals surface area contributed by atoms with Crippen molar-refractivity contribution in [2.45, 2.75) is 33.0 Å². The molecule has 0 spiro atoms. The van der Waals surface area contributed by atoms with E-state index in [0.29, 0.717) is 25.5 Å². The molecule has 0 saturated carbocycles. The van der Waals surface area contributed by atoms with Crippen LogP contribution in [0.15, 0.2) is 29.3 Å². The Bertz CT molecular complexity index is 707. The van der Waals surface area contributed by atoms with Crippen molar-refractivity contribution in [2.75, 3.05) is 13.6 Å². The summed E-state index contributed by atoms with van der Waals surface area (Å²) in [5, 5.41) is 7.31.